The van der Waals surface area contributed by atoms with Crippen LogP contribution in [0.25, 0.3) is 0 Å². The predicted molar refractivity (Wildman–Crippen MR) is 85.7 cm³/mol. The maximum atomic E-state index is 6.75. The van der Waals surface area contributed by atoms with Crippen LogP contribution < -0.4 is 0 Å². The Balaban J connectivity index is 1.78. The van der Waals surface area contributed by atoms with Crippen LogP contribution in [-0.2, 0) is 4.74 Å². The van der Waals surface area contributed by atoms with E-state index in [0.29, 0.717) is 16.2 Å². The molecule has 2 aliphatic heterocycles. The van der Waals surface area contributed by atoms with Gasteiger partial charge in [0.25, 0.3) is 0 Å². The molecule has 0 aromatic rings. The van der Waals surface area contributed by atoms with Crippen LogP contribution in [0.1, 0.15) is 59.3 Å². The van der Waals surface area contributed by atoms with Crippen molar-refractivity contribution in [2.45, 2.75) is 69.7 Å². The van der Waals surface area contributed by atoms with Gasteiger partial charge in [0, 0.05) is 12.3 Å². The molecule has 0 amide bonds. The standard InChI is InChI=1S/C18H27BrO/c1-11-10-14-16(17(14,2)3)13-9-8-12-6-4-5-7-15(19)18(11,13)20-12/h8,11,13-16H,4-7,9-10H2,1-3H3/t11-,13+,14-,15+,16-,18-/m1/s1. The number of hydrogen-bond acceptors (Lipinski definition) is 1. The first-order chi connectivity index (χ1) is 9.48. The fourth-order valence-corrected chi connectivity index (χ4v) is 7.10. The lowest BCUT2D eigenvalue weighted by Crippen LogP contribution is -2.58. The second-order valence-corrected chi connectivity index (χ2v) is 9.38. The van der Waals surface area contributed by atoms with Crippen molar-refractivity contribution in [2.24, 2.45) is 29.1 Å². The van der Waals surface area contributed by atoms with Gasteiger partial charge < -0.3 is 4.74 Å². The van der Waals surface area contributed by atoms with Gasteiger partial charge in [-0.25, -0.2) is 0 Å². The Labute approximate surface area is 131 Å². The minimum absolute atomic E-state index is 0.0828. The minimum atomic E-state index is 0.0828. The predicted octanol–water partition coefficient (Wildman–Crippen LogP) is 5.30. The SMILES string of the molecule is C[C@@H]1C[C@@H]2[C@@H]([C@@H]3CC=C4CCCC[C@H](Br)[C@@]13O4)C2(C)C. The summed E-state index contributed by atoms with van der Waals surface area (Å²) in [7, 11) is 0. The van der Waals surface area contributed by atoms with Crippen molar-refractivity contribution < 1.29 is 4.74 Å². The Morgan fingerprint density at radius 3 is 2.85 bits per heavy atom. The smallest absolute Gasteiger partial charge is 0.127 e. The third kappa shape index (κ3) is 1.61. The van der Waals surface area contributed by atoms with Gasteiger partial charge in [0.2, 0.25) is 0 Å². The van der Waals surface area contributed by atoms with Crippen molar-refractivity contribution in [1.82, 2.24) is 0 Å². The number of hydrogen-bond donors (Lipinski definition) is 0. The number of rotatable bonds is 0. The van der Waals surface area contributed by atoms with Gasteiger partial charge in [0.15, 0.2) is 0 Å². The quantitative estimate of drug-likeness (QED) is 0.545. The largest absolute Gasteiger partial charge is 0.490 e. The van der Waals surface area contributed by atoms with E-state index >= 15 is 0 Å². The first-order valence-electron chi connectivity index (χ1n) is 8.50. The molecule has 0 aromatic carbocycles. The van der Waals surface area contributed by atoms with Crippen LogP contribution in [0.4, 0.5) is 0 Å². The third-order valence-corrected chi connectivity index (χ3v) is 8.23. The highest BCUT2D eigenvalue weighted by atomic mass is 79.9. The van der Waals surface area contributed by atoms with E-state index in [1.807, 2.05) is 0 Å². The van der Waals surface area contributed by atoms with Crippen LogP contribution in [0.2, 0.25) is 0 Å². The molecule has 6 atom stereocenters. The van der Waals surface area contributed by atoms with E-state index in [9.17, 15) is 0 Å². The molecule has 20 heavy (non-hydrogen) atoms. The van der Waals surface area contributed by atoms with E-state index in [1.165, 1.54) is 44.3 Å². The van der Waals surface area contributed by atoms with Gasteiger partial charge in [0.1, 0.15) is 5.60 Å². The van der Waals surface area contributed by atoms with Gasteiger partial charge in [-0.1, -0.05) is 43.1 Å². The second kappa shape index (κ2) is 4.27. The molecule has 2 saturated carbocycles. The lowest BCUT2D eigenvalue weighted by Gasteiger charge is -2.54. The number of halogens is 1. The van der Waals surface area contributed by atoms with Gasteiger partial charge in [-0.05, 0) is 54.9 Å². The van der Waals surface area contributed by atoms with Crippen LogP contribution in [0.15, 0.2) is 11.8 Å². The van der Waals surface area contributed by atoms with Crippen LogP contribution in [-0.4, -0.2) is 10.4 Å². The fourth-order valence-electron chi connectivity index (χ4n) is 5.89. The summed E-state index contributed by atoms with van der Waals surface area (Å²) < 4.78 is 6.75. The van der Waals surface area contributed by atoms with Crippen molar-refractivity contribution in [3.8, 4) is 0 Å². The Kier molecular flexibility index (Phi) is 2.92. The molecular formula is C18H27BrO. The van der Waals surface area contributed by atoms with Gasteiger partial charge in [-0.2, -0.15) is 0 Å². The van der Waals surface area contributed by atoms with E-state index < -0.39 is 0 Å². The van der Waals surface area contributed by atoms with Crippen molar-refractivity contribution in [3.63, 3.8) is 0 Å². The van der Waals surface area contributed by atoms with Crippen LogP contribution in [0, 0.1) is 29.1 Å². The molecule has 2 bridgehead atoms. The minimum Gasteiger partial charge on any atom is -0.490 e. The van der Waals surface area contributed by atoms with Gasteiger partial charge in [-0.15, -0.1) is 0 Å². The zero-order valence-corrected chi connectivity index (χ0v) is 14.6. The monoisotopic (exact) mass is 338 g/mol. The van der Waals surface area contributed by atoms with E-state index in [-0.39, 0.29) is 5.60 Å². The Morgan fingerprint density at radius 2 is 2.05 bits per heavy atom. The maximum Gasteiger partial charge on any atom is 0.127 e. The van der Waals surface area contributed by atoms with E-state index in [0.717, 1.165) is 17.8 Å². The molecule has 0 aromatic heterocycles. The molecule has 2 heterocycles. The molecule has 1 spiro atoms. The van der Waals surface area contributed by atoms with E-state index in [2.05, 4.69) is 42.8 Å². The zero-order valence-electron chi connectivity index (χ0n) is 13.0. The highest BCUT2D eigenvalue weighted by Gasteiger charge is 2.71. The average molecular weight is 339 g/mol. The molecule has 2 aliphatic carbocycles. The summed E-state index contributed by atoms with van der Waals surface area (Å²) in [4.78, 5) is 0.538. The first-order valence-corrected chi connectivity index (χ1v) is 9.41. The fraction of sp³-hybridized carbons (Fsp3) is 0.889. The Bertz CT molecular complexity index is 454. The molecule has 0 N–H and O–H groups in total. The van der Waals surface area contributed by atoms with Crippen molar-refractivity contribution in [2.75, 3.05) is 0 Å². The Morgan fingerprint density at radius 1 is 1.25 bits per heavy atom. The molecular weight excluding hydrogens is 312 g/mol. The van der Waals surface area contributed by atoms with Gasteiger partial charge >= 0.3 is 0 Å². The van der Waals surface area contributed by atoms with Crippen molar-refractivity contribution in [3.05, 3.63) is 11.8 Å². The number of allylic oxidation sites excluding steroid dienone is 2. The highest BCUT2D eigenvalue weighted by Crippen LogP contribution is 2.73. The van der Waals surface area contributed by atoms with Gasteiger partial charge in [-0.3, -0.25) is 0 Å². The summed E-state index contributed by atoms with van der Waals surface area (Å²) in [6, 6.07) is 0. The summed E-state index contributed by atoms with van der Waals surface area (Å²) in [6.45, 7) is 7.43. The van der Waals surface area contributed by atoms with Crippen LogP contribution in [0.5, 0.6) is 0 Å². The topological polar surface area (TPSA) is 9.23 Å². The maximum absolute atomic E-state index is 6.75. The molecule has 1 nitrogen and oxygen atoms in total. The average Bonchev–Trinajstić information content (AvgIpc) is 2.95. The van der Waals surface area contributed by atoms with E-state index in [4.69, 9.17) is 4.74 Å². The molecule has 4 rings (SSSR count). The summed E-state index contributed by atoms with van der Waals surface area (Å²) in [5, 5.41) is 0. The number of alkyl halides is 1. The lowest BCUT2D eigenvalue weighted by atomic mass is 9.63. The van der Waals surface area contributed by atoms with Crippen molar-refractivity contribution in [1.29, 1.82) is 0 Å². The second-order valence-electron chi connectivity index (χ2n) is 8.27. The highest BCUT2D eigenvalue weighted by molar-refractivity contribution is 9.09. The molecule has 2 heteroatoms. The Hall–Kier alpha value is 0.0200. The zero-order chi connectivity index (χ0) is 14.1. The van der Waals surface area contributed by atoms with Gasteiger partial charge in [0.05, 0.1) is 10.6 Å². The summed E-state index contributed by atoms with van der Waals surface area (Å²) in [5.41, 5.74) is 0.631. The third-order valence-electron chi connectivity index (χ3n) is 7.06. The summed E-state index contributed by atoms with van der Waals surface area (Å²) in [5.74, 6) is 4.54. The van der Waals surface area contributed by atoms with Crippen LogP contribution >= 0.6 is 15.9 Å². The number of fused-ring (bicyclic) bond motifs is 3. The lowest BCUT2D eigenvalue weighted by molar-refractivity contribution is -0.130. The number of ether oxygens (including phenoxy) is 1. The molecule has 3 fully saturated rings. The molecule has 112 valence electrons. The van der Waals surface area contributed by atoms with Crippen LogP contribution in [0.3, 0.4) is 0 Å². The van der Waals surface area contributed by atoms with E-state index in [1.54, 1.807) is 0 Å². The summed E-state index contributed by atoms with van der Waals surface area (Å²) in [6.07, 6.45) is 10.1. The molecule has 4 aliphatic rings. The van der Waals surface area contributed by atoms with Crippen molar-refractivity contribution >= 4 is 15.9 Å². The normalized spacial score (nSPS) is 52.6. The summed E-state index contributed by atoms with van der Waals surface area (Å²) >= 11 is 4.07. The molecule has 0 unspecified atom stereocenters. The first kappa shape index (κ1) is 13.7. The molecule has 0 radical (unpaired) electrons. The molecule has 1 saturated heterocycles.